The Labute approximate surface area is 118 Å². The van der Waals surface area contributed by atoms with E-state index in [1.807, 2.05) is 0 Å². The SMILES string of the molecule is CN(c1cccc(C(N)=S)c1)S(=O)(=O)CS(C)(=O)=O. The van der Waals surface area contributed by atoms with E-state index >= 15 is 0 Å². The Morgan fingerprint density at radius 1 is 1.32 bits per heavy atom. The molecule has 0 spiro atoms. The number of sulfone groups is 1. The summed E-state index contributed by atoms with van der Waals surface area (Å²) in [5.41, 5.74) is 6.27. The van der Waals surface area contributed by atoms with Gasteiger partial charge in [-0.25, -0.2) is 16.8 Å². The lowest BCUT2D eigenvalue weighted by atomic mass is 10.2. The monoisotopic (exact) mass is 322 g/mol. The zero-order chi connectivity index (χ0) is 14.8. The number of benzene rings is 1. The Morgan fingerprint density at radius 3 is 2.37 bits per heavy atom. The molecule has 1 aromatic rings. The molecule has 0 aliphatic rings. The van der Waals surface area contributed by atoms with Crippen LogP contribution >= 0.6 is 12.2 Å². The minimum absolute atomic E-state index is 0.135. The van der Waals surface area contributed by atoms with E-state index in [0.29, 0.717) is 11.3 Å². The van der Waals surface area contributed by atoms with Crippen molar-refractivity contribution in [2.45, 2.75) is 0 Å². The first kappa shape index (κ1) is 15.9. The zero-order valence-electron chi connectivity index (χ0n) is 10.4. The molecule has 0 saturated carbocycles. The van der Waals surface area contributed by atoms with Crippen molar-refractivity contribution >= 4 is 42.8 Å². The minimum atomic E-state index is -3.95. The summed E-state index contributed by atoms with van der Waals surface area (Å²) in [7, 11) is -6.32. The number of nitrogens with zero attached hydrogens (tertiary/aromatic N) is 1. The molecule has 2 N–H and O–H groups in total. The Hall–Kier alpha value is -1.19. The van der Waals surface area contributed by atoms with Crippen LogP contribution in [0.25, 0.3) is 0 Å². The lowest BCUT2D eigenvalue weighted by molar-refractivity contribution is 0.590. The average Bonchev–Trinajstić information content (AvgIpc) is 2.25. The molecular formula is C10H14N2O4S3. The number of sulfonamides is 1. The fraction of sp³-hybridized carbons (Fsp3) is 0.300. The third kappa shape index (κ3) is 4.44. The van der Waals surface area contributed by atoms with Crippen LogP contribution in [0.1, 0.15) is 5.56 Å². The van der Waals surface area contributed by atoms with Crippen LogP contribution < -0.4 is 10.0 Å². The predicted molar refractivity (Wildman–Crippen MR) is 79.4 cm³/mol. The van der Waals surface area contributed by atoms with E-state index < -0.39 is 24.9 Å². The van der Waals surface area contributed by atoms with Crippen LogP contribution in [0.5, 0.6) is 0 Å². The first-order chi connectivity index (χ1) is 8.53. The van der Waals surface area contributed by atoms with E-state index in [0.717, 1.165) is 10.6 Å². The zero-order valence-corrected chi connectivity index (χ0v) is 12.8. The molecule has 0 aromatic heterocycles. The van der Waals surface area contributed by atoms with Crippen molar-refractivity contribution in [2.75, 3.05) is 22.7 Å². The van der Waals surface area contributed by atoms with Gasteiger partial charge in [-0.1, -0.05) is 24.4 Å². The Morgan fingerprint density at radius 2 is 1.89 bits per heavy atom. The number of hydrogen-bond acceptors (Lipinski definition) is 5. The first-order valence-electron chi connectivity index (χ1n) is 5.07. The van der Waals surface area contributed by atoms with Crippen molar-refractivity contribution in [2.24, 2.45) is 5.73 Å². The fourth-order valence-corrected chi connectivity index (χ4v) is 4.72. The Bertz CT molecular complexity index is 695. The smallest absolute Gasteiger partial charge is 0.249 e. The largest absolute Gasteiger partial charge is 0.389 e. The molecule has 0 aliphatic heterocycles. The summed E-state index contributed by atoms with van der Waals surface area (Å²) in [4.78, 5) is 0.135. The summed E-state index contributed by atoms with van der Waals surface area (Å²) in [5, 5.41) is -0.951. The van der Waals surface area contributed by atoms with Crippen molar-refractivity contribution < 1.29 is 16.8 Å². The van der Waals surface area contributed by atoms with E-state index in [1.54, 1.807) is 12.1 Å². The average molecular weight is 322 g/mol. The maximum atomic E-state index is 11.9. The maximum absolute atomic E-state index is 11.9. The molecule has 0 amide bonds. The van der Waals surface area contributed by atoms with Crippen LogP contribution in [-0.4, -0.2) is 40.2 Å². The highest BCUT2D eigenvalue weighted by Crippen LogP contribution is 2.18. The van der Waals surface area contributed by atoms with Crippen molar-refractivity contribution in [1.82, 2.24) is 0 Å². The molecule has 9 heteroatoms. The van der Waals surface area contributed by atoms with Crippen molar-refractivity contribution in [3.05, 3.63) is 29.8 Å². The van der Waals surface area contributed by atoms with E-state index in [-0.39, 0.29) is 4.99 Å². The molecule has 0 radical (unpaired) electrons. The summed E-state index contributed by atoms with van der Waals surface area (Å²) >= 11 is 4.80. The molecule has 6 nitrogen and oxygen atoms in total. The van der Waals surface area contributed by atoms with E-state index in [1.165, 1.54) is 19.2 Å². The van der Waals surface area contributed by atoms with Crippen LogP contribution in [0.4, 0.5) is 5.69 Å². The summed E-state index contributed by atoms with van der Waals surface area (Å²) in [5.74, 6) is 0. The third-order valence-corrected chi connectivity index (χ3v) is 6.46. The first-order valence-corrected chi connectivity index (χ1v) is 9.15. The molecule has 0 fully saturated rings. The number of rotatable bonds is 5. The van der Waals surface area contributed by atoms with Gasteiger partial charge in [0, 0.05) is 18.9 Å². The van der Waals surface area contributed by atoms with Gasteiger partial charge in [-0.2, -0.15) is 0 Å². The van der Waals surface area contributed by atoms with Gasteiger partial charge in [0.1, 0.15) is 4.99 Å². The summed E-state index contributed by atoms with van der Waals surface area (Å²) in [6, 6.07) is 6.25. The van der Waals surface area contributed by atoms with Crippen molar-refractivity contribution in [1.29, 1.82) is 0 Å². The van der Waals surface area contributed by atoms with Gasteiger partial charge in [0.2, 0.25) is 10.0 Å². The second kappa shape index (κ2) is 5.43. The van der Waals surface area contributed by atoms with E-state index in [2.05, 4.69) is 0 Å². The highest BCUT2D eigenvalue weighted by molar-refractivity contribution is 8.08. The molecule has 1 rings (SSSR count). The molecule has 0 atom stereocenters. The molecule has 0 saturated heterocycles. The molecule has 1 aromatic carbocycles. The van der Waals surface area contributed by atoms with Gasteiger partial charge in [0.15, 0.2) is 14.9 Å². The second-order valence-corrected chi connectivity index (χ2v) is 8.98. The van der Waals surface area contributed by atoms with Gasteiger partial charge in [-0.05, 0) is 12.1 Å². The Kier molecular flexibility index (Phi) is 4.54. The van der Waals surface area contributed by atoms with Crippen LogP contribution in [0.2, 0.25) is 0 Å². The maximum Gasteiger partial charge on any atom is 0.249 e. The van der Waals surface area contributed by atoms with Crippen molar-refractivity contribution in [3.63, 3.8) is 0 Å². The fourth-order valence-electron chi connectivity index (χ4n) is 1.37. The van der Waals surface area contributed by atoms with Gasteiger partial charge in [-0.3, -0.25) is 4.31 Å². The molecule has 0 aliphatic carbocycles. The topological polar surface area (TPSA) is 97.5 Å². The quantitative estimate of drug-likeness (QED) is 0.772. The van der Waals surface area contributed by atoms with Gasteiger partial charge in [-0.15, -0.1) is 0 Å². The van der Waals surface area contributed by atoms with E-state index in [9.17, 15) is 16.8 Å². The van der Waals surface area contributed by atoms with Crippen LogP contribution in [0.15, 0.2) is 24.3 Å². The number of thiocarbonyl (C=S) groups is 1. The molecule has 0 heterocycles. The lowest BCUT2D eigenvalue weighted by Gasteiger charge is -2.19. The summed E-state index contributed by atoms with van der Waals surface area (Å²) in [6.07, 6.45) is 0.865. The van der Waals surface area contributed by atoms with Gasteiger partial charge in [0.05, 0.1) is 5.69 Å². The third-order valence-electron chi connectivity index (χ3n) is 2.27. The molecule has 0 bridgehead atoms. The van der Waals surface area contributed by atoms with E-state index in [4.69, 9.17) is 18.0 Å². The highest BCUT2D eigenvalue weighted by Gasteiger charge is 2.24. The molecular weight excluding hydrogens is 308 g/mol. The molecule has 0 unspecified atom stereocenters. The number of nitrogens with two attached hydrogens (primary N) is 1. The lowest BCUT2D eigenvalue weighted by Crippen LogP contribution is -2.32. The standard InChI is InChI=1S/C10H14N2O4S3/c1-12(19(15,16)7-18(2,13)14)9-5-3-4-8(6-9)10(11)17/h3-6H,7H2,1-2H3,(H2,11,17). The normalized spacial score (nSPS) is 12.1. The van der Waals surface area contributed by atoms with Crippen LogP contribution in [-0.2, 0) is 19.9 Å². The van der Waals surface area contributed by atoms with Gasteiger partial charge in [0.25, 0.3) is 0 Å². The molecule has 106 valence electrons. The number of hydrogen-bond donors (Lipinski definition) is 1. The van der Waals surface area contributed by atoms with Crippen LogP contribution in [0, 0.1) is 0 Å². The second-order valence-electron chi connectivity index (χ2n) is 4.04. The van der Waals surface area contributed by atoms with Gasteiger partial charge < -0.3 is 5.73 Å². The van der Waals surface area contributed by atoms with Crippen LogP contribution in [0.3, 0.4) is 0 Å². The highest BCUT2D eigenvalue weighted by atomic mass is 32.3. The predicted octanol–water partition coefficient (Wildman–Crippen LogP) is 0.0889. The summed E-state index contributed by atoms with van der Waals surface area (Å²) in [6.45, 7) is 0. The number of anilines is 1. The minimum Gasteiger partial charge on any atom is -0.389 e. The molecule has 19 heavy (non-hydrogen) atoms. The Balaban J connectivity index is 3.17. The van der Waals surface area contributed by atoms with Gasteiger partial charge >= 0.3 is 0 Å². The van der Waals surface area contributed by atoms with Crippen molar-refractivity contribution in [3.8, 4) is 0 Å². The summed E-state index contributed by atoms with van der Waals surface area (Å²) < 4.78 is 46.9.